The number of nitrogens with zero attached hydrogens (tertiary/aromatic N) is 1. The van der Waals surface area contributed by atoms with Gasteiger partial charge >= 0.3 is 0 Å². The van der Waals surface area contributed by atoms with Gasteiger partial charge in [0.25, 0.3) is 0 Å². The molecule has 1 saturated carbocycles. The van der Waals surface area contributed by atoms with E-state index in [4.69, 9.17) is 21.4 Å². The molecule has 1 aromatic heterocycles. The van der Waals surface area contributed by atoms with E-state index in [1.807, 2.05) is 0 Å². The molecule has 76 valence electrons. The van der Waals surface area contributed by atoms with E-state index < -0.39 is 0 Å². The molecule has 0 spiro atoms. The van der Waals surface area contributed by atoms with Crippen LogP contribution < -0.4 is 4.74 Å². The third kappa shape index (κ3) is 1.99. The summed E-state index contributed by atoms with van der Waals surface area (Å²) in [4.78, 5) is 4.11. The Morgan fingerprint density at radius 2 is 2.29 bits per heavy atom. The number of aromatic nitrogens is 1. The van der Waals surface area contributed by atoms with Crippen molar-refractivity contribution >= 4 is 11.6 Å². The maximum absolute atomic E-state index is 8.95. The summed E-state index contributed by atoms with van der Waals surface area (Å²) in [5, 5.41) is 9.43. The van der Waals surface area contributed by atoms with Crippen LogP contribution in [0.3, 0.4) is 0 Å². The summed E-state index contributed by atoms with van der Waals surface area (Å²) in [5.74, 6) is 0.558. The molecule has 0 radical (unpaired) electrons. The summed E-state index contributed by atoms with van der Waals surface area (Å²) in [5.41, 5.74) is 0.475. The monoisotopic (exact) mass is 213 g/mol. The largest absolute Gasteiger partial charge is 0.474 e. The minimum Gasteiger partial charge on any atom is -0.474 e. The van der Waals surface area contributed by atoms with Crippen LogP contribution in [0.2, 0.25) is 5.02 Å². The van der Waals surface area contributed by atoms with Gasteiger partial charge in [0, 0.05) is 6.07 Å². The molecule has 1 aliphatic rings. The number of rotatable bonds is 3. The molecule has 1 heterocycles. The van der Waals surface area contributed by atoms with Gasteiger partial charge in [0.15, 0.2) is 0 Å². The highest BCUT2D eigenvalue weighted by atomic mass is 35.5. The number of ether oxygens (including phenoxy) is 1. The summed E-state index contributed by atoms with van der Waals surface area (Å²) >= 11 is 5.80. The standard InChI is InChI=1S/C10H12ClNO2/c11-8-4-5-10(12-9(8)6-13)14-7-2-1-3-7/h4-5,7,13H,1-3,6H2. The first-order chi connectivity index (χ1) is 6.79. The topological polar surface area (TPSA) is 42.4 Å². The first kappa shape index (κ1) is 9.74. The predicted molar refractivity (Wildman–Crippen MR) is 53.4 cm³/mol. The third-order valence-corrected chi connectivity index (χ3v) is 2.73. The quantitative estimate of drug-likeness (QED) is 0.837. The summed E-state index contributed by atoms with van der Waals surface area (Å²) in [6, 6.07) is 3.44. The minimum atomic E-state index is -0.152. The molecule has 1 fully saturated rings. The number of hydrogen-bond donors (Lipinski definition) is 1. The second kappa shape index (κ2) is 4.15. The molecule has 0 saturated heterocycles. The summed E-state index contributed by atoms with van der Waals surface area (Å²) in [6.45, 7) is -0.152. The number of halogens is 1. The summed E-state index contributed by atoms with van der Waals surface area (Å²) < 4.78 is 5.57. The number of pyridine rings is 1. The lowest BCUT2D eigenvalue weighted by Gasteiger charge is -2.25. The fraction of sp³-hybridized carbons (Fsp3) is 0.500. The first-order valence-corrected chi connectivity index (χ1v) is 5.10. The predicted octanol–water partition coefficient (Wildman–Crippen LogP) is 2.16. The zero-order valence-corrected chi connectivity index (χ0v) is 8.50. The fourth-order valence-corrected chi connectivity index (χ4v) is 1.47. The molecule has 0 aliphatic heterocycles. The molecule has 0 bridgehead atoms. The molecule has 0 aromatic carbocycles. The SMILES string of the molecule is OCc1nc(OC2CCC2)ccc1Cl. The second-order valence-corrected chi connectivity index (χ2v) is 3.81. The van der Waals surface area contributed by atoms with Gasteiger partial charge in [-0.3, -0.25) is 0 Å². The van der Waals surface area contributed by atoms with Crippen LogP contribution in [-0.2, 0) is 6.61 Å². The van der Waals surface area contributed by atoms with Crippen molar-refractivity contribution in [2.75, 3.05) is 0 Å². The van der Waals surface area contributed by atoms with Gasteiger partial charge in [0.1, 0.15) is 6.10 Å². The van der Waals surface area contributed by atoms with Crippen molar-refractivity contribution in [2.24, 2.45) is 0 Å². The van der Waals surface area contributed by atoms with Crippen LogP contribution in [0.4, 0.5) is 0 Å². The Labute approximate surface area is 87.7 Å². The van der Waals surface area contributed by atoms with Crippen molar-refractivity contribution in [3.8, 4) is 5.88 Å². The average molecular weight is 214 g/mol. The summed E-state index contributed by atoms with van der Waals surface area (Å²) in [7, 11) is 0. The molecule has 0 amide bonds. The molecule has 0 unspecified atom stereocenters. The molecule has 4 heteroatoms. The number of aliphatic hydroxyl groups excluding tert-OH is 1. The van der Waals surface area contributed by atoms with Crippen LogP contribution in [0.15, 0.2) is 12.1 Å². The molecule has 1 aliphatic carbocycles. The molecular weight excluding hydrogens is 202 g/mol. The smallest absolute Gasteiger partial charge is 0.213 e. The average Bonchev–Trinajstić information content (AvgIpc) is 2.14. The van der Waals surface area contributed by atoms with E-state index in [1.165, 1.54) is 6.42 Å². The van der Waals surface area contributed by atoms with Gasteiger partial charge < -0.3 is 9.84 Å². The Kier molecular flexibility index (Phi) is 2.89. The van der Waals surface area contributed by atoms with Gasteiger partial charge in [-0.25, -0.2) is 4.98 Å². The second-order valence-electron chi connectivity index (χ2n) is 3.41. The zero-order valence-electron chi connectivity index (χ0n) is 7.74. The van der Waals surface area contributed by atoms with Crippen LogP contribution in [0, 0.1) is 0 Å². The Balaban J connectivity index is 2.09. The maximum Gasteiger partial charge on any atom is 0.213 e. The van der Waals surface area contributed by atoms with E-state index in [-0.39, 0.29) is 6.61 Å². The van der Waals surface area contributed by atoms with Gasteiger partial charge in [-0.2, -0.15) is 0 Å². The van der Waals surface area contributed by atoms with E-state index in [0.717, 1.165) is 12.8 Å². The van der Waals surface area contributed by atoms with Crippen LogP contribution >= 0.6 is 11.6 Å². The zero-order chi connectivity index (χ0) is 9.97. The highest BCUT2D eigenvalue weighted by molar-refractivity contribution is 6.31. The lowest BCUT2D eigenvalue weighted by molar-refractivity contribution is 0.114. The van der Waals surface area contributed by atoms with Crippen molar-refractivity contribution in [2.45, 2.75) is 32.0 Å². The van der Waals surface area contributed by atoms with E-state index >= 15 is 0 Å². The molecular formula is C10H12ClNO2. The van der Waals surface area contributed by atoms with Crippen molar-refractivity contribution in [1.82, 2.24) is 4.98 Å². The lowest BCUT2D eigenvalue weighted by atomic mass is 9.96. The number of hydrogen-bond acceptors (Lipinski definition) is 3. The van der Waals surface area contributed by atoms with Gasteiger partial charge in [-0.05, 0) is 25.3 Å². The van der Waals surface area contributed by atoms with E-state index in [9.17, 15) is 0 Å². The summed E-state index contributed by atoms with van der Waals surface area (Å²) in [6.07, 6.45) is 3.72. The molecule has 1 N–H and O–H groups in total. The van der Waals surface area contributed by atoms with Crippen molar-refractivity contribution in [3.63, 3.8) is 0 Å². The highest BCUT2D eigenvalue weighted by Crippen LogP contribution is 2.25. The van der Waals surface area contributed by atoms with E-state index in [2.05, 4.69) is 4.98 Å². The Morgan fingerprint density at radius 1 is 1.50 bits per heavy atom. The van der Waals surface area contributed by atoms with Gasteiger partial charge in [-0.1, -0.05) is 11.6 Å². The van der Waals surface area contributed by atoms with E-state index in [0.29, 0.717) is 22.7 Å². The molecule has 2 rings (SSSR count). The first-order valence-electron chi connectivity index (χ1n) is 4.72. The van der Waals surface area contributed by atoms with Gasteiger partial charge in [0.2, 0.25) is 5.88 Å². The van der Waals surface area contributed by atoms with Crippen molar-refractivity contribution < 1.29 is 9.84 Å². The normalized spacial score (nSPS) is 16.4. The lowest BCUT2D eigenvalue weighted by Crippen LogP contribution is -2.25. The van der Waals surface area contributed by atoms with Crippen LogP contribution in [0.5, 0.6) is 5.88 Å². The molecule has 0 atom stereocenters. The molecule has 1 aromatic rings. The Morgan fingerprint density at radius 3 is 2.86 bits per heavy atom. The van der Waals surface area contributed by atoms with Crippen LogP contribution in [0.1, 0.15) is 25.0 Å². The highest BCUT2D eigenvalue weighted by Gasteiger charge is 2.19. The molecule has 14 heavy (non-hydrogen) atoms. The molecule has 3 nitrogen and oxygen atoms in total. The van der Waals surface area contributed by atoms with Gasteiger partial charge in [-0.15, -0.1) is 0 Å². The van der Waals surface area contributed by atoms with Crippen molar-refractivity contribution in [1.29, 1.82) is 0 Å². The van der Waals surface area contributed by atoms with Crippen LogP contribution in [-0.4, -0.2) is 16.2 Å². The minimum absolute atomic E-state index is 0.152. The Hall–Kier alpha value is -0.800. The van der Waals surface area contributed by atoms with Gasteiger partial charge in [0.05, 0.1) is 17.3 Å². The van der Waals surface area contributed by atoms with Crippen molar-refractivity contribution in [3.05, 3.63) is 22.8 Å². The van der Waals surface area contributed by atoms with E-state index in [1.54, 1.807) is 12.1 Å². The van der Waals surface area contributed by atoms with Crippen LogP contribution in [0.25, 0.3) is 0 Å². The maximum atomic E-state index is 8.95. The third-order valence-electron chi connectivity index (χ3n) is 2.38. The fourth-order valence-electron chi connectivity index (χ4n) is 1.30. The number of aliphatic hydroxyl groups is 1. The Bertz CT molecular complexity index is 326.